The number of carbonyl (C=O) groups excluding carboxylic acids is 2. The Balaban J connectivity index is 1.95. The van der Waals surface area contributed by atoms with Gasteiger partial charge in [0.15, 0.2) is 0 Å². The first-order valence-corrected chi connectivity index (χ1v) is 12.6. The van der Waals surface area contributed by atoms with E-state index in [2.05, 4.69) is 21.2 Å². The Morgan fingerprint density at radius 1 is 1.17 bits per heavy atom. The Morgan fingerprint density at radius 3 is 2.43 bits per heavy atom. The average Bonchev–Trinajstić information content (AvgIpc) is 2.77. The number of benzene rings is 2. The summed E-state index contributed by atoms with van der Waals surface area (Å²) in [5.74, 6) is -2.70. The summed E-state index contributed by atoms with van der Waals surface area (Å²) in [4.78, 5) is 26.6. The van der Waals surface area contributed by atoms with E-state index in [-0.39, 0.29) is 37.7 Å². The summed E-state index contributed by atoms with van der Waals surface area (Å²) in [6.07, 6.45) is -0.685. The van der Waals surface area contributed by atoms with Gasteiger partial charge in [-0.05, 0) is 49.1 Å². The molecule has 35 heavy (non-hydrogen) atoms. The SMILES string of the molecule is CC(=O)N1CCCCC1NC(=O)c1cccc(Br)c1/C=C/C(c1cc(Cl)c(Cl)c(Cl)c1)C(F)(F)F. The van der Waals surface area contributed by atoms with Gasteiger partial charge in [0, 0.05) is 29.1 Å². The van der Waals surface area contributed by atoms with Crippen molar-refractivity contribution in [3.05, 3.63) is 72.6 Å². The normalized spacial score (nSPS) is 17.5. The standard InChI is InChI=1S/C24H21BrCl3F3N2O2/c1-13(34)33-10-3-2-7-21(33)32-23(35)16-5-4-6-18(25)15(16)8-9-17(24(29,30)31)14-11-19(26)22(28)20(27)12-14/h4-6,8-9,11-12,17,21H,2-3,7,10H2,1H3,(H,32,35)/b9-8+. The number of carbonyl (C=O) groups is 2. The van der Waals surface area contributed by atoms with Crippen LogP contribution in [0, 0.1) is 0 Å². The van der Waals surface area contributed by atoms with Gasteiger partial charge in [-0.15, -0.1) is 0 Å². The van der Waals surface area contributed by atoms with Crippen LogP contribution in [-0.4, -0.2) is 35.6 Å². The molecule has 0 radical (unpaired) electrons. The van der Waals surface area contributed by atoms with E-state index in [4.69, 9.17) is 34.8 Å². The van der Waals surface area contributed by atoms with Crippen molar-refractivity contribution in [3.63, 3.8) is 0 Å². The van der Waals surface area contributed by atoms with Gasteiger partial charge in [-0.1, -0.05) is 69.0 Å². The maximum atomic E-state index is 14.0. The molecule has 11 heteroatoms. The maximum absolute atomic E-state index is 14.0. The minimum atomic E-state index is -4.66. The Hall–Kier alpha value is -1.74. The molecule has 1 N–H and O–H groups in total. The summed E-state index contributed by atoms with van der Waals surface area (Å²) in [6, 6.07) is 6.98. The first-order chi connectivity index (χ1) is 16.4. The lowest BCUT2D eigenvalue weighted by Gasteiger charge is -2.35. The van der Waals surface area contributed by atoms with Crippen molar-refractivity contribution in [1.82, 2.24) is 10.2 Å². The van der Waals surface area contributed by atoms with Crippen molar-refractivity contribution < 1.29 is 22.8 Å². The van der Waals surface area contributed by atoms with Gasteiger partial charge in [-0.25, -0.2) is 0 Å². The van der Waals surface area contributed by atoms with Crippen molar-refractivity contribution in [3.8, 4) is 0 Å². The van der Waals surface area contributed by atoms with Gasteiger partial charge in [0.2, 0.25) is 5.91 Å². The number of hydrogen-bond acceptors (Lipinski definition) is 2. The number of allylic oxidation sites excluding steroid dienone is 1. The van der Waals surface area contributed by atoms with E-state index in [0.717, 1.165) is 31.1 Å². The zero-order valence-electron chi connectivity index (χ0n) is 18.4. The molecule has 0 aliphatic carbocycles. The fraction of sp³-hybridized carbons (Fsp3) is 0.333. The number of nitrogens with one attached hydrogen (secondary N) is 1. The van der Waals surface area contributed by atoms with E-state index in [1.54, 1.807) is 17.0 Å². The lowest BCUT2D eigenvalue weighted by Crippen LogP contribution is -2.52. The minimum absolute atomic E-state index is 0.0333. The van der Waals surface area contributed by atoms with Crippen molar-refractivity contribution >= 4 is 68.6 Å². The summed E-state index contributed by atoms with van der Waals surface area (Å²) in [7, 11) is 0. The van der Waals surface area contributed by atoms with E-state index in [1.165, 1.54) is 19.1 Å². The topological polar surface area (TPSA) is 49.4 Å². The van der Waals surface area contributed by atoms with Crippen LogP contribution in [0.2, 0.25) is 15.1 Å². The second-order valence-corrected chi connectivity index (χ2v) is 10.1. The molecule has 2 aromatic rings. The molecule has 1 saturated heterocycles. The largest absolute Gasteiger partial charge is 0.399 e. The number of piperidine rings is 1. The molecule has 3 rings (SSSR count). The van der Waals surface area contributed by atoms with E-state index < -0.39 is 24.2 Å². The van der Waals surface area contributed by atoms with Crippen LogP contribution in [0.5, 0.6) is 0 Å². The zero-order chi connectivity index (χ0) is 25.9. The van der Waals surface area contributed by atoms with E-state index >= 15 is 0 Å². The lowest BCUT2D eigenvalue weighted by molar-refractivity contribution is -0.139. The second-order valence-electron chi connectivity index (χ2n) is 8.08. The molecule has 2 amide bonds. The van der Waals surface area contributed by atoms with Crippen molar-refractivity contribution in [2.24, 2.45) is 0 Å². The first-order valence-electron chi connectivity index (χ1n) is 10.7. The molecule has 1 aliphatic rings. The summed E-state index contributed by atoms with van der Waals surface area (Å²) < 4.78 is 42.3. The zero-order valence-corrected chi connectivity index (χ0v) is 22.3. The lowest BCUT2D eigenvalue weighted by atomic mass is 9.96. The second kappa shape index (κ2) is 11.5. The molecular weight excluding hydrogens is 592 g/mol. The van der Waals surface area contributed by atoms with Gasteiger partial charge in [-0.3, -0.25) is 9.59 Å². The maximum Gasteiger partial charge on any atom is 0.399 e. The highest BCUT2D eigenvalue weighted by molar-refractivity contribution is 9.10. The highest BCUT2D eigenvalue weighted by Gasteiger charge is 2.39. The number of nitrogens with zero attached hydrogens (tertiary/aromatic N) is 1. The third-order valence-electron chi connectivity index (χ3n) is 5.68. The Morgan fingerprint density at radius 2 is 1.83 bits per heavy atom. The predicted octanol–water partition coefficient (Wildman–Crippen LogP) is 7.86. The smallest absolute Gasteiger partial charge is 0.332 e. The highest BCUT2D eigenvalue weighted by Crippen LogP contribution is 2.41. The minimum Gasteiger partial charge on any atom is -0.332 e. The van der Waals surface area contributed by atoms with E-state index in [1.807, 2.05) is 0 Å². The summed E-state index contributed by atoms with van der Waals surface area (Å²) in [5.41, 5.74) is 0.235. The monoisotopic (exact) mass is 610 g/mol. The molecule has 0 bridgehead atoms. The van der Waals surface area contributed by atoms with Crippen LogP contribution in [0.3, 0.4) is 0 Å². The molecule has 0 spiro atoms. The van der Waals surface area contributed by atoms with Gasteiger partial charge < -0.3 is 10.2 Å². The van der Waals surface area contributed by atoms with Crippen LogP contribution in [0.4, 0.5) is 13.2 Å². The molecule has 0 aromatic heterocycles. The molecule has 0 saturated carbocycles. The Labute approximate surface area is 224 Å². The fourth-order valence-electron chi connectivity index (χ4n) is 3.95. The van der Waals surface area contributed by atoms with E-state index in [9.17, 15) is 22.8 Å². The van der Waals surface area contributed by atoms with Crippen LogP contribution in [0.15, 0.2) is 40.9 Å². The van der Waals surface area contributed by atoms with Crippen LogP contribution in [-0.2, 0) is 4.79 Å². The number of hydrogen-bond donors (Lipinski definition) is 1. The molecule has 2 atom stereocenters. The quantitative estimate of drug-likeness (QED) is 0.350. The molecule has 1 fully saturated rings. The molecule has 1 aliphatic heterocycles. The summed E-state index contributed by atoms with van der Waals surface area (Å²) >= 11 is 21.1. The Bertz CT molecular complexity index is 1130. The van der Waals surface area contributed by atoms with Crippen molar-refractivity contribution in [2.45, 2.75) is 44.4 Å². The predicted molar refractivity (Wildman–Crippen MR) is 136 cm³/mol. The molecule has 188 valence electrons. The summed E-state index contributed by atoms with van der Waals surface area (Å²) in [6.45, 7) is 1.97. The third-order valence-corrected chi connectivity index (χ3v) is 7.56. The van der Waals surface area contributed by atoms with Gasteiger partial charge in [0.1, 0.15) is 6.17 Å². The van der Waals surface area contributed by atoms with Crippen LogP contribution in [0.1, 0.15) is 53.6 Å². The van der Waals surface area contributed by atoms with Crippen molar-refractivity contribution in [2.75, 3.05) is 6.54 Å². The number of halogens is 7. The third kappa shape index (κ3) is 6.73. The summed E-state index contributed by atoms with van der Waals surface area (Å²) in [5, 5.41) is 2.62. The first kappa shape index (κ1) is 27.8. The molecular formula is C24H21BrCl3F3N2O2. The van der Waals surface area contributed by atoms with Crippen LogP contribution < -0.4 is 5.32 Å². The average molecular weight is 613 g/mol. The molecule has 4 nitrogen and oxygen atoms in total. The molecule has 2 unspecified atom stereocenters. The van der Waals surface area contributed by atoms with Gasteiger partial charge in [-0.2, -0.15) is 13.2 Å². The van der Waals surface area contributed by atoms with Crippen LogP contribution in [0.25, 0.3) is 6.08 Å². The number of rotatable bonds is 5. The Kier molecular flexibility index (Phi) is 9.18. The highest BCUT2D eigenvalue weighted by atomic mass is 79.9. The van der Waals surface area contributed by atoms with Crippen LogP contribution >= 0.6 is 50.7 Å². The van der Waals surface area contributed by atoms with Gasteiger partial charge in [0.05, 0.1) is 21.0 Å². The molecule has 1 heterocycles. The van der Waals surface area contributed by atoms with Crippen molar-refractivity contribution in [1.29, 1.82) is 0 Å². The van der Waals surface area contributed by atoms with E-state index in [0.29, 0.717) is 17.4 Å². The van der Waals surface area contributed by atoms with Gasteiger partial charge in [0.25, 0.3) is 5.91 Å². The van der Waals surface area contributed by atoms with Gasteiger partial charge >= 0.3 is 6.18 Å². The number of alkyl halides is 3. The number of likely N-dealkylation sites (tertiary alicyclic amines) is 1. The molecule has 2 aromatic carbocycles. The fourth-order valence-corrected chi connectivity index (χ4v) is 5.06. The number of amides is 2.